The summed E-state index contributed by atoms with van der Waals surface area (Å²) in [7, 11) is 1.80. The number of hydrogen-bond acceptors (Lipinski definition) is 5. The predicted octanol–water partition coefficient (Wildman–Crippen LogP) is 3.11. The van der Waals surface area contributed by atoms with Crippen LogP contribution in [-0.2, 0) is 16.6 Å². The van der Waals surface area contributed by atoms with Crippen LogP contribution in [0.3, 0.4) is 0 Å². The highest BCUT2D eigenvalue weighted by atomic mass is 16.5. The Kier molecular flexibility index (Phi) is 5.29. The quantitative estimate of drug-likeness (QED) is 0.638. The molecule has 0 N–H and O–H groups in total. The molecule has 4 rings (SSSR count). The molecule has 0 aliphatic carbocycles. The van der Waals surface area contributed by atoms with E-state index in [1.165, 1.54) is 0 Å². The SMILES string of the molecule is Cc1nn(C)c2nc(-c3ccccc3)cc(C(=O)OCC(=O)N3CCCCC3)c12. The van der Waals surface area contributed by atoms with Gasteiger partial charge in [0.1, 0.15) is 0 Å². The first kappa shape index (κ1) is 19.1. The lowest BCUT2D eigenvalue weighted by molar-refractivity contribution is -0.135. The number of carbonyl (C=O) groups is 2. The lowest BCUT2D eigenvalue weighted by Gasteiger charge is -2.26. The van der Waals surface area contributed by atoms with Crippen molar-refractivity contribution in [2.24, 2.45) is 7.05 Å². The molecule has 150 valence electrons. The second-order valence-corrected chi connectivity index (χ2v) is 7.35. The fourth-order valence-corrected chi connectivity index (χ4v) is 3.80. The molecular formula is C22H24N4O3. The van der Waals surface area contributed by atoms with Gasteiger partial charge in [-0.2, -0.15) is 5.10 Å². The molecule has 0 radical (unpaired) electrons. The third-order valence-corrected chi connectivity index (χ3v) is 5.29. The normalized spacial score (nSPS) is 14.2. The molecule has 3 heterocycles. The Labute approximate surface area is 169 Å². The topological polar surface area (TPSA) is 77.3 Å². The van der Waals surface area contributed by atoms with Crippen LogP contribution in [0.25, 0.3) is 22.3 Å². The van der Waals surface area contributed by atoms with Gasteiger partial charge in [-0.05, 0) is 32.3 Å². The van der Waals surface area contributed by atoms with E-state index in [4.69, 9.17) is 9.72 Å². The number of hydrogen-bond donors (Lipinski definition) is 0. The number of nitrogens with zero attached hydrogens (tertiary/aromatic N) is 4. The number of likely N-dealkylation sites (tertiary alicyclic amines) is 1. The Morgan fingerprint density at radius 3 is 2.55 bits per heavy atom. The first-order valence-electron chi connectivity index (χ1n) is 9.89. The molecule has 0 saturated carbocycles. The molecule has 1 aliphatic heterocycles. The third kappa shape index (κ3) is 3.85. The summed E-state index contributed by atoms with van der Waals surface area (Å²) in [5, 5.41) is 5.06. The lowest BCUT2D eigenvalue weighted by Crippen LogP contribution is -2.38. The molecule has 0 bridgehead atoms. The number of ether oxygens (including phenoxy) is 1. The standard InChI is InChI=1S/C22H24N4O3/c1-15-20-17(22(28)29-14-19(27)26-11-7-4-8-12-26)13-18(16-9-5-3-6-10-16)23-21(20)25(2)24-15/h3,5-6,9-10,13H,4,7-8,11-12,14H2,1-2H3. The van der Waals surface area contributed by atoms with E-state index in [0.717, 1.165) is 37.9 Å². The Morgan fingerprint density at radius 1 is 1.10 bits per heavy atom. The highest BCUT2D eigenvalue weighted by Gasteiger charge is 2.23. The Bertz CT molecular complexity index is 1050. The van der Waals surface area contributed by atoms with E-state index < -0.39 is 5.97 Å². The molecule has 0 unspecified atom stereocenters. The van der Waals surface area contributed by atoms with E-state index in [1.807, 2.05) is 37.3 Å². The largest absolute Gasteiger partial charge is 0.452 e. The van der Waals surface area contributed by atoms with Gasteiger partial charge in [-0.1, -0.05) is 30.3 Å². The maximum absolute atomic E-state index is 12.9. The fourth-order valence-electron chi connectivity index (χ4n) is 3.80. The van der Waals surface area contributed by atoms with Crippen molar-refractivity contribution in [2.75, 3.05) is 19.7 Å². The van der Waals surface area contributed by atoms with Crippen LogP contribution in [0.1, 0.15) is 35.3 Å². The third-order valence-electron chi connectivity index (χ3n) is 5.29. The zero-order chi connectivity index (χ0) is 20.4. The highest BCUT2D eigenvalue weighted by Crippen LogP contribution is 2.27. The molecule has 3 aromatic rings. The van der Waals surface area contributed by atoms with E-state index in [1.54, 1.807) is 22.7 Å². The average molecular weight is 392 g/mol. The Hall–Kier alpha value is -3.22. The lowest BCUT2D eigenvalue weighted by atomic mass is 10.1. The summed E-state index contributed by atoms with van der Waals surface area (Å²) in [5.41, 5.74) is 3.25. The average Bonchev–Trinajstić information content (AvgIpc) is 3.06. The van der Waals surface area contributed by atoms with E-state index in [2.05, 4.69) is 5.10 Å². The number of piperidine rings is 1. The fraction of sp³-hybridized carbons (Fsp3) is 0.364. The number of fused-ring (bicyclic) bond motifs is 1. The van der Waals surface area contributed by atoms with Crippen molar-refractivity contribution in [1.82, 2.24) is 19.7 Å². The zero-order valence-electron chi connectivity index (χ0n) is 16.7. The van der Waals surface area contributed by atoms with E-state index in [0.29, 0.717) is 28.0 Å². The van der Waals surface area contributed by atoms with Crippen molar-refractivity contribution in [3.63, 3.8) is 0 Å². The number of rotatable bonds is 4. The van der Waals surface area contributed by atoms with Crippen LogP contribution in [0.15, 0.2) is 36.4 Å². The zero-order valence-corrected chi connectivity index (χ0v) is 16.7. The summed E-state index contributed by atoms with van der Waals surface area (Å²) in [6.07, 6.45) is 3.14. The van der Waals surface area contributed by atoms with Gasteiger partial charge in [-0.3, -0.25) is 9.48 Å². The second-order valence-electron chi connectivity index (χ2n) is 7.35. The van der Waals surface area contributed by atoms with Crippen LogP contribution in [0.2, 0.25) is 0 Å². The summed E-state index contributed by atoms with van der Waals surface area (Å²) < 4.78 is 7.07. The van der Waals surface area contributed by atoms with Gasteiger partial charge in [0.05, 0.1) is 22.3 Å². The van der Waals surface area contributed by atoms with Crippen LogP contribution in [-0.4, -0.2) is 51.2 Å². The number of pyridine rings is 1. The van der Waals surface area contributed by atoms with Gasteiger partial charge in [-0.25, -0.2) is 9.78 Å². The maximum Gasteiger partial charge on any atom is 0.339 e. The Morgan fingerprint density at radius 2 is 1.83 bits per heavy atom. The summed E-state index contributed by atoms with van der Waals surface area (Å²) in [6.45, 7) is 3.05. The minimum absolute atomic E-state index is 0.144. The summed E-state index contributed by atoms with van der Waals surface area (Å²) in [6, 6.07) is 11.4. The molecule has 1 saturated heterocycles. The van der Waals surface area contributed by atoms with Gasteiger partial charge in [0, 0.05) is 25.7 Å². The van der Waals surface area contributed by atoms with Crippen LogP contribution in [0, 0.1) is 6.92 Å². The molecule has 1 fully saturated rings. The number of carbonyl (C=O) groups excluding carboxylic acids is 2. The molecule has 0 atom stereocenters. The van der Waals surface area contributed by atoms with Crippen molar-refractivity contribution < 1.29 is 14.3 Å². The number of aromatic nitrogens is 3. The maximum atomic E-state index is 12.9. The van der Waals surface area contributed by atoms with Crippen molar-refractivity contribution in [1.29, 1.82) is 0 Å². The summed E-state index contributed by atoms with van der Waals surface area (Å²) >= 11 is 0. The minimum Gasteiger partial charge on any atom is -0.452 e. The van der Waals surface area contributed by atoms with Crippen LogP contribution >= 0.6 is 0 Å². The second kappa shape index (κ2) is 8.03. The first-order chi connectivity index (χ1) is 14.0. The molecule has 29 heavy (non-hydrogen) atoms. The number of aryl methyl sites for hydroxylation is 2. The number of esters is 1. The monoisotopic (exact) mass is 392 g/mol. The predicted molar refractivity (Wildman–Crippen MR) is 109 cm³/mol. The van der Waals surface area contributed by atoms with Gasteiger partial charge in [0.25, 0.3) is 5.91 Å². The van der Waals surface area contributed by atoms with Gasteiger partial charge < -0.3 is 9.64 Å². The van der Waals surface area contributed by atoms with E-state index >= 15 is 0 Å². The van der Waals surface area contributed by atoms with Crippen molar-refractivity contribution >= 4 is 22.9 Å². The van der Waals surface area contributed by atoms with Gasteiger partial charge >= 0.3 is 5.97 Å². The van der Waals surface area contributed by atoms with Gasteiger partial charge in [0.2, 0.25) is 0 Å². The highest BCUT2D eigenvalue weighted by molar-refractivity contribution is 6.05. The van der Waals surface area contributed by atoms with Crippen LogP contribution < -0.4 is 0 Å². The number of amides is 1. The van der Waals surface area contributed by atoms with E-state index in [-0.39, 0.29) is 12.5 Å². The summed E-state index contributed by atoms with van der Waals surface area (Å²) in [4.78, 5) is 31.8. The van der Waals surface area contributed by atoms with Gasteiger partial charge in [0.15, 0.2) is 12.3 Å². The smallest absolute Gasteiger partial charge is 0.339 e. The molecule has 1 aliphatic rings. The van der Waals surface area contributed by atoms with Crippen molar-refractivity contribution in [3.05, 3.63) is 47.7 Å². The molecule has 2 aromatic heterocycles. The molecule has 7 nitrogen and oxygen atoms in total. The van der Waals surface area contributed by atoms with Gasteiger partial charge in [-0.15, -0.1) is 0 Å². The summed E-state index contributed by atoms with van der Waals surface area (Å²) in [5.74, 6) is -0.675. The van der Waals surface area contributed by atoms with Crippen LogP contribution in [0.5, 0.6) is 0 Å². The molecule has 0 spiro atoms. The first-order valence-corrected chi connectivity index (χ1v) is 9.89. The Balaban J connectivity index is 1.64. The minimum atomic E-state index is -0.531. The molecule has 1 amide bonds. The molecule has 1 aromatic carbocycles. The van der Waals surface area contributed by atoms with E-state index in [9.17, 15) is 9.59 Å². The number of benzene rings is 1. The van der Waals surface area contributed by atoms with Crippen molar-refractivity contribution in [3.8, 4) is 11.3 Å². The molecule has 7 heteroatoms. The van der Waals surface area contributed by atoms with Crippen molar-refractivity contribution in [2.45, 2.75) is 26.2 Å². The molecular weight excluding hydrogens is 368 g/mol. The van der Waals surface area contributed by atoms with Crippen LogP contribution in [0.4, 0.5) is 0 Å².